The van der Waals surface area contributed by atoms with E-state index in [1.165, 1.54) is 37.0 Å². The summed E-state index contributed by atoms with van der Waals surface area (Å²) in [6.45, 7) is 2.40. The van der Waals surface area contributed by atoms with Gasteiger partial charge in [0.2, 0.25) is 5.91 Å². The monoisotopic (exact) mass is 292 g/mol. The number of aryl methyl sites for hydroxylation is 1. The molecule has 1 aliphatic carbocycles. The number of anilines is 1. The van der Waals surface area contributed by atoms with Crippen LogP contribution < -0.4 is 10.6 Å². The van der Waals surface area contributed by atoms with Crippen LogP contribution in [0.3, 0.4) is 0 Å². The maximum atomic E-state index is 11.6. The van der Waals surface area contributed by atoms with Gasteiger partial charge >= 0.3 is 0 Å². The van der Waals surface area contributed by atoms with Crippen molar-refractivity contribution in [3.05, 3.63) is 23.8 Å². The Balaban J connectivity index is 1.96. The van der Waals surface area contributed by atoms with E-state index in [0.717, 1.165) is 16.5 Å². The Morgan fingerprint density at radius 2 is 2.05 bits per heavy atom. The lowest BCUT2D eigenvalue weighted by molar-refractivity contribution is -0.115. The maximum Gasteiger partial charge on any atom is 0.238 e. The fourth-order valence-corrected chi connectivity index (χ4v) is 3.93. The van der Waals surface area contributed by atoms with E-state index < -0.39 is 0 Å². The molecule has 3 nitrogen and oxygen atoms in total. The SMILES string of the molecule is CNCC(=O)Nc1ccc(SC2CCCCC2)cc1C. The first kappa shape index (κ1) is 15.4. The Bertz CT molecular complexity index is 456. The molecule has 4 heteroatoms. The molecule has 0 radical (unpaired) electrons. The van der Waals surface area contributed by atoms with Crippen molar-refractivity contribution < 1.29 is 4.79 Å². The van der Waals surface area contributed by atoms with Gasteiger partial charge in [-0.2, -0.15) is 0 Å². The number of nitrogens with one attached hydrogen (secondary N) is 2. The summed E-state index contributed by atoms with van der Waals surface area (Å²) in [4.78, 5) is 12.9. The third kappa shape index (κ3) is 4.53. The number of likely N-dealkylation sites (N-methyl/N-ethyl adjacent to an activating group) is 1. The number of hydrogen-bond acceptors (Lipinski definition) is 3. The molecule has 0 aliphatic heterocycles. The summed E-state index contributed by atoms with van der Waals surface area (Å²) in [5, 5.41) is 6.56. The van der Waals surface area contributed by atoms with Gasteiger partial charge in [0, 0.05) is 15.8 Å². The number of amides is 1. The second-order valence-electron chi connectivity index (χ2n) is 5.43. The number of carbonyl (C=O) groups excluding carboxylic acids is 1. The summed E-state index contributed by atoms with van der Waals surface area (Å²) in [6, 6.07) is 6.34. The van der Waals surface area contributed by atoms with Crippen LogP contribution in [0.2, 0.25) is 0 Å². The first-order chi connectivity index (χ1) is 9.69. The molecule has 1 fully saturated rings. The zero-order valence-corrected chi connectivity index (χ0v) is 13.2. The highest BCUT2D eigenvalue weighted by Gasteiger charge is 2.15. The van der Waals surface area contributed by atoms with E-state index >= 15 is 0 Å². The fraction of sp³-hybridized carbons (Fsp3) is 0.562. The fourth-order valence-electron chi connectivity index (χ4n) is 2.58. The summed E-state index contributed by atoms with van der Waals surface area (Å²) in [5.41, 5.74) is 2.05. The van der Waals surface area contributed by atoms with Gasteiger partial charge in [0.15, 0.2) is 0 Å². The van der Waals surface area contributed by atoms with Crippen molar-refractivity contribution in [2.45, 2.75) is 49.2 Å². The lowest BCUT2D eigenvalue weighted by Crippen LogP contribution is -2.25. The Kier molecular flexibility index (Phi) is 5.92. The number of carbonyl (C=O) groups is 1. The molecule has 0 spiro atoms. The van der Waals surface area contributed by atoms with Crippen molar-refractivity contribution >= 4 is 23.4 Å². The maximum absolute atomic E-state index is 11.6. The van der Waals surface area contributed by atoms with Crippen LogP contribution >= 0.6 is 11.8 Å². The van der Waals surface area contributed by atoms with Crippen molar-refractivity contribution in [1.82, 2.24) is 5.32 Å². The molecule has 20 heavy (non-hydrogen) atoms. The minimum atomic E-state index is 0.00304. The van der Waals surface area contributed by atoms with Crippen molar-refractivity contribution in [3.8, 4) is 0 Å². The van der Waals surface area contributed by atoms with Gasteiger partial charge in [-0.3, -0.25) is 4.79 Å². The minimum absolute atomic E-state index is 0.00304. The van der Waals surface area contributed by atoms with Gasteiger partial charge in [-0.25, -0.2) is 0 Å². The summed E-state index contributed by atoms with van der Waals surface area (Å²) < 4.78 is 0. The normalized spacial score (nSPS) is 16.1. The van der Waals surface area contributed by atoms with E-state index in [1.54, 1.807) is 7.05 Å². The smallest absolute Gasteiger partial charge is 0.238 e. The van der Waals surface area contributed by atoms with Crippen molar-refractivity contribution in [2.75, 3.05) is 18.9 Å². The first-order valence-electron chi connectivity index (χ1n) is 7.41. The Labute approximate surface area is 125 Å². The molecule has 1 aromatic carbocycles. The van der Waals surface area contributed by atoms with Gasteiger partial charge in [0.05, 0.1) is 6.54 Å². The Hall–Kier alpha value is -1.00. The Morgan fingerprint density at radius 3 is 2.70 bits per heavy atom. The zero-order valence-electron chi connectivity index (χ0n) is 12.4. The van der Waals surface area contributed by atoms with E-state index in [0.29, 0.717) is 6.54 Å². The molecule has 1 saturated carbocycles. The van der Waals surface area contributed by atoms with Gasteiger partial charge in [0.1, 0.15) is 0 Å². The van der Waals surface area contributed by atoms with Crippen molar-refractivity contribution in [3.63, 3.8) is 0 Å². The van der Waals surface area contributed by atoms with Crippen molar-refractivity contribution in [1.29, 1.82) is 0 Å². The summed E-state index contributed by atoms with van der Waals surface area (Å²) >= 11 is 1.99. The molecule has 0 aromatic heterocycles. The largest absolute Gasteiger partial charge is 0.325 e. The topological polar surface area (TPSA) is 41.1 Å². The van der Waals surface area contributed by atoms with E-state index in [1.807, 2.05) is 17.8 Å². The molecule has 2 N–H and O–H groups in total. The van der Waals surface area contributed by atoms with E-state index in [4.69, 9.17) is 0 Å². The van der Waals surface area contributed by atoms with E-state index in [9.17, 15) is 4.79 Å². The predicted octanol–water partition coefficient (Wildman–Crippen LogP) is 3.58. The number of hydrogen-bond donors (Lipinski definition) is 2. The van der Waals surface area contributed by atoms with Crippen LogP contribution in [0.5, 0.6) is 0 Å². The van der Waals surface area contributed by atoms with E-state index in [2.05, 4.69) is 29.7 Å². The molecule has 1 aromatic rings. The third-order valence-corrected chi connectivity index (χ3v) is 5.00. The molecule has 0 heterocycles. The first-order valence-corrected chi connectivity index (χ1v) is 8.29. The van der Waals surface area contributed by atoms with Gasteiger partial charge in [-0.05, 0) is 50.6 Å². The highest BCUT2D eigenvalue weighted by atomic mass is 32.2. The molecule has 110 valence electrons. The molecular weight excluding hydrogens is 268 g/mol. The number of benzene rings is 1. The molecule has 0 atom stereocenters. The lowest BCUT2D eigenvalue weighted by atomic mass is 10.0. The lowest BCUT2D eigenvalue weighted by Gasteiger charge is -2.21. The van der Waals surface area contributed by atoms with Crippen LogP contribution in [0.4, 0.5) is 5.69 Å². The quantitative estimate of drug-likeness (QED) is 0.871. The molecule has 0 saturated heterocycles. The van der Waals surface area contributed by atoms with Gasteiger partial charge in [-0.1, -0.05) is 19.3 Å². The predicted molar refractivity (Wildman–Crippen MR) is 86.5 cm³/mol. The van der Waals surface area contributed by atoms with Crippen LogP contribution in [0.1, 0.15) is 37.7 Å². The zero-order chi connectivity index (χ0) is 14.4. The molecular formula is C16H24N2OS. The summed E-state index contributed by atoms with van der Waals surface area (Å²) in [6.07, 6.45) is 6.81. The van der Waals surface area contributed by atoms with Crippen LogP contribution in [0, 0.1) is 6.92 Å². The second kappa shape index (κ2) is 7.70. The molecule has 1 aliphatic rings. The van der Waals surface area contributed by atoms with E-state index in [-0.39, 0.29) is 5.91 Å². The molecule has 1 amide bonds. The Morgan fingerprint density at radius 1 is 1.30 bits per heavy atom. The van der Waals surface area contributed by atoms with Crippen LogP contribution in [0.25, 0.3) is 0 Å². The van der Waals surface area contributed by atoms with Crippen LogP contribution in [-0.2, 0) is 4.79 Å². The highest BCUT2D eigenvalue weighted by molar-refractivity contribution is 8.00. The third-order valence-electron chi connectivity index (χ3n) is 3.66. The second-order valence-corrected chi connectivity index (χ2v) is 6.81. The highest BCUT2D eigenvalue weighted by Crippen LogP contribution is 2.34. The average molecular weight is 292 g/mol. The molecule has 0 unspecified atom stereocenters. The van der Waals surface area contributed by atoms with Crippen LogP contribution in [0.15, 0.2) is 23.1 Å². The van der Waals surface area contributed by atoms with Crippen LogP contribution in [-0.4, -0.2) is 24.7 Å². The number of thioether (sulfide) groups is 1. The summed E-state index contributed by atoms with van der Waals surface area (Å²) in [7, 11) is 1.77. The molecule has 2 rings (SSSR count). The minimum Gasteiger partial charge on any atom is -0.325 e. The summed E-state index contributed by atoms with van der Waals surface area (Å²) in [5.74, 6) is 0.00304. The molecule has 0 bridgehead atoms. The van der Waals surface area contributed by atoms with Gasteiger partial charge < -0.3 is 10.6 Å². The van der Waals surface area contributed by atoms with Crippen molar-refractivity contribution in [2.24, 2.45) is 0 Å². The average Bonchev–Trinajstić information content (AvgIpc) is 2.43. The van der Waals surface area contributed by atoms with Gasteiger partial charge in [0.25, 0.3) is 0 Å². The van der Waals surface area contributed by atoms with Gasteiger partial charge in [-0.15, -0.1) is 11.8 Å². The standard InChI is InChI=1S/C16H24N2OS/c1-12-10-14(20-13-6-4-3-5-7-13)8-9-15(12)18-16(19)11-17-2/h8-10,13,17H,3-7,11H2,1-2H3,(H,18,19). The number of rotatable bonds is 5.